The Bertz CT molecular complexity index is 750. The van der Waals surface area contributed by atoms with E-state index in [4.69, 9.17) is 11.6 Å². The summed E-state index contributed by atoms with van der Waals surface area (Å²) in [7, 11) is 0. The average molecular weight is 284 g/mol. The smallest absolute Gasteiger partial charge is 0.296 e. The molecule has 3 nitrogen and oxygen atoms in total. The van der Waals surface area contributed by atoms with Crippen molar-refractivity contribution in [3.8, 4) is 0 Å². The molecule has 98 valence electrons. The highest BCUT2D eigenvalue weighted by Gasteiger charge is 2.27. The Labute approximate surface area is 120 Å². The molecule has 2 aromatic carbocycles. The van der Waals surface area contributed by atoms with Gasteiger partial charge < -0.3 is 5.32 Å². The van der Waals surface area contributed by atoms with E-state index in [2.05, 4.69) is 5.32 Å². The maximum absolute atomic E-state index is 11.6. The van der Waals surface area contributed by atoms with Crippen LogP contribution in [0.25, 0.3) is 12.2 Å². The Morgan fingerprint density at radius 2 is 1.70 bits per heavy atom. The Morgan fingerprint density at radius 3 is 2.45 bits per heavy atom. The fourth-order valence-corrected chi connectivity index (χ4v) is 2.27. The van der Waals surface area contributed by atoms with Gasteiger partial charge in [-0.2, -0.15) is 0 Å². The van der Waals surface area contributed by atoms with Gasteiger partial charge in [-0.05, 0) is 35.4 Å². The van der Waals surface area contributed by atoms with Gasteiger partial charge in [0, 0.05) is 5.02 Å². The van der Waals surface area contributed by atoms with Crippen LogP contribution in [-0.4, -0.2) is 11.7 Å². The third-order valence-corrected chi connectivity index (χ3v) is 3.29. The number of carbonyl (C=O) groups is 2. The average Bonchev–Trinajstić information content (AvgIpc) is 2.72. The molecule has 0 atom stereocenters. The molecule has 0 fully saturated rings. The van der Waals surface area contributed by atoms with E-state index in [0.29, 0.717) is 16.3 Å². The molecule has 0 bridgehead atoms. The van der Waals surface area contributed by atoms with Gasteiger partial charge in [-0.3, -0.25) is 9.59 Å². The molecule has 0 spiro atoms. The maximum atomic E-state index is 11.6. The molecule has 1 N–H and O–H groups in total. The van der Waals surface area contributed by atoms with E-state index < -0.39 is 11.7 Å². The van der Waals surface area contributed by atoms with E-state index in [-0.39, 0.29) is 0 Å². The normalized spacial score (nSPS) is 13.7. The first-order valence-corrected chi connectivity index (χ1v) is 6.45. The second-order valence-electron chi connectivity index (χ2n) is 4.48. The predicted octanol–water partition coefficient (Wildman–Crippen LogP) is 3.65. The molecule has 0 unspecified atom stereocenters. The molecule has 1 aliphatic heterocycles. The lowest BCUT2D eigenvalue weighted by atomic mass is 10.1. The summed E-state index contributed by atoms with van der Waals surface area (Å²) >= 11 is 5.91. The monoisotopic (exact) mass is 283 g/mol. The Kier molecular flexibility index (Phi) is 3.12. The second-order valence-corrected chi connectivity index (χ2v) is 4.91. The van der Waals surface area contributed by atoms with Gasteiger partial charge >= 0.3 is 0 Å². The lowest BCUT2D eigenvalue weighted by Crippen LogP contribution is -2.12. The van der Waals surface area contributed by atoms with E-state index in [9.17, 15) is 9.59 Å². The minimum absolute atomic E-state index is 0.420. The van der Waals surface area contributed by atoms with Crippen molar-refractivity contribution in [2.45, 2.75) is 0 Å². The number of amides is 1. The summed E-state index contributed by atoms with van der Waals surface area (Å²) in [6.07, 6.45) is 3.78. The van der Waals surface area contributed by atoms with Crippen LogP contribution in [0, 0.1) is 0 Å². The molecular weight excluding hydrogens is 274 g/mol. The molecule has 4 heteroatoms. The van der Waals surface area contributed by atoms with Gasteiger partial charge in [0.25, 0.3) is 11.7 Å². The number of nitrogens with one attached hydrogen (secondary N) is 1. The van der Waals surface area contributed by atoms with Gasteiger partial charge in [0.05, 0.1) is 11.3 Å². The SMILES string of the molecule is O=C1Nc2ccc(/C=C/c3cccc(Cl)c3)cc2C1=O. The molecular formula is C16H10ClNO2. The molecule has 2 aromatic rings. The predicted molar refractivity (Wildman–Crippen MR) is 79.8 cm³/mol. The lowest BCUT2D eigenvalue weighted by Gasteiger charge is -1.99. The standard InChI is InChI=1S/C16H10ClNO2/c17-12-3-1-2-10(8-12)4-5-11-6-7-14-13(9-11)15(19)16(20)18-14/h1-9H,(H,18,19,20)/b5-4+. The first kappa shape index (κ1) is 12.6. The van der Waals surface area contributed by atoms with Crippen LogP contribution in [-0.2, 0) is 4.79 Å². The van der Waals surface area contributed by atoms with E-state index >= 15 is 0 Å². The van der Waals surface area contributed by atoms with E-state index in [1.807, 2.05) is 42.5 Å². The number of rotatable bonds is 2. The zero-order chi connectivity index (χ0) is 14.1. The van der Waals surface area contributed by atoms with Crippen LogP contribution in [0.3, 0.4) is 0 Å². The number of hydrogen-bond acceptors (Lipinski definition) is 2. The lowest BCUT2D eigenvalue weighted by molar-refractivity contribution is -0.112. The highest BCUT2D eigenvalue weighted by molar-refractivity contribution is 6.51. The third-order valence-electron chi connectivity index (χ3n) is 3.06. The zero-order valence-corrected chi connectivity index (χ0v) is 11.1. The molecule has 0 radical (unpaired) electrons. The number of halogens is 1. The molecule has 1 amide bonds. The Hall–Kier alpha value is -2.39. The Balaban J connectivity index is 1.90. The summed E-state index contributed by atoms with van der Waals surface area (Å²) in [4.78, 5) is 22.9. The molecule has 1 heterocycles. The fraction of sp³-hybridized carbons (Fsp3) is 0. The minimum Gasteiger partial charge on any atom is -0.318 e. The van der Waals surface area contributed by atoms with Crippen LogP contribution >= 0.6 is 11.6 Å². The molecule has 0 aliphatic carbocycles. The van der Waals surface area contributed by atoms with Crippen molar-refractivity contribution in [3.05, 3.63) is 64.2 Å². The number of Topliss-reactive ketones (excluding diaryl/α,β-unsaturated/α-hetero) is 1. The van der Waals surface area contributed by atoms with Crippen LogP contribution in [0.5, 0.6) is 0 Å². The van der Waals surface area contributed by atoms with Crippen molar-refractivity contribution in [2.75, 3.05) is 5.32 Å². The number of ketones is 1. The van der Waals surface area contributed by atoms with Crippen molar-refractivity contribution in [2.24, 2.45) is 0 Å². The third kappa shape index (κ3) is 2.36. The minimum atomic E-state index is -0.573. The number of carbonyl (C=O) groups excluding carboxylic acids is 2. The first-order valence-electron chi connectivity index (χ1n) is 6.07. The highest BCUT2D eigenvalue weighted by Crippen LogP contribution is 2.25. The van der Waals surface area contributed by atoms with Crippen molar-refractivity contribution in [3.63, 3.8) is 0 Å². The van der Waals surface area contributed by atoms with Gasteiger partial charge in [-0.1, -0.05) is 42.0 Å². The van der Waals surface area contributed by atoms with E-state index in [0.717, 1.165) is 11.1 Å². The van der Waals surface area contributed by atoms with Crippen molar-refractivity contribution < 1.29 is 9.59 Å². The topological polar surface area (TPSA) is 46.2 Å². The summed E-state index contributed by atoms with van der Waals surface area (Å²) in [5, 5.41) is 3.20. The van der Waals surface area contributed by atoms with E-state index in [1.165, 1.54) is 0 Å². The summed E-state index contributed by atoms with van der Waals surface area (Å²) in [6, 6.07) is 12.7. The quantitative estimate of drug-likeness (QED) is 0.675. The molecule has 0 saturated heterocycles. The number of benzene rings is 2. The van der Waals surface area contributed by atoms with Crippen molar-refractivity contribution in [1.82, 2.24) is 0 Å². The molecule has 0 saturated carbocycles. The van der Waals surface area contributed by atoms with Gasteiger partial charge in [0.15, 0.2) is 0 Å². The van der Waals surface area contributed by atoms with Crippen LogP contribution in [0.1, 0.15) is 21.5 Å². The largest absolute Gasteiger partial charge is 0.318 e. The van der Waals surface area contributed by atoms with Crippen LogP contribution in [0.15, 0.2) is 42.5 Å². The maximum Gasteiger partial charge on any atom is 0.296 e. The van der Waals surface area contributed by atoms with Gasteiger partial charge in [-0.25, -0.2) is 0 Å². The van der Waals surface area contributed by atoms with Crippen LogP contribution < -0.4 is 5.32 Å². The fourth-order valence-electron chi connectivity index (χ4n) is 2.07. The Morgan fingerprint density at radius 1 is 0.950 bits per heavy atom. The molecule has 3 rings (SSSR count). The summed E-state index contributed by atoms with van der Waals surface area (Å²) in [5.41, 5.74) is 2.82. The van der Waals surface area contributed by atoms with Gasteiger partial charge in [-0.15, -0.1) is 0 Å². The van der Waals surface area contributed by atoms with Crippen LogP contribution in [0.2, 0.25) is 5.02 Å². The molecule has 0 aromatic heterocycles. The first-order chi connectivity index (χ1) is 9.63. The summed E-state index contributed by atoms with van der Waals surface area (Å²) < 4.78 is 0. The summed E-state index contributed by atoms with van der Waals surface area (Å²) in [6.45, 7) is 0. The summed E-state index contributed by atoms with van der Waals surface area (Å²) in [5.74, 6) is -1.06. The molecule has 1 aliphatic rings. The van der Waals surface area contributed by atoms with Crippen molar-refractivity contribution >= 4 is 41.1 Å². The molecule has 20 heavy (non-hydrogen) atoms. The number of anilines is 1. The zero-order valence-electron chi connectivity index (χ0n) is 10.4. The van der Waals surface area contributed by atoms with Gasteiger partial charge in [0.2, 0.25) is 0 Å². The number of hydrogen-bond donors (Lipinski definition) is 1. The van der Waals surface area contributed by atoms with Gasteiger partial charge in [0.1, 0.15) is 0 Å². The van der Waals surface area contributed by atoms with Crippen molar-refractivity contribution in [1.29, 1.82) is 0 Å². The second kappa shape index (κ2) is 4.94. The highest BCUT2D eigenvalue weighted by atomic mass is 35.5. The number of fused-ring (bicyclic) bond motifs is 1. The van der Waals surface area contributed by atoms with E-state index in [1.54, 1.807) is 12.1 Å². The van der Waals surface area contributed by atoms with Crippen LogP contribution in [0.4, 0.5) is 5.69 Å².